The number of aromatic nitrogens is 1. The van der Waals surface area contributed by atoms with Gasteiger partial charge in [-0.25, -0.2) is 4.98 Å². The van der Waals surface area contributed by atoms with Crippen molar-refractivity contribution >= 4 is 17.2 Å². The summed E-state index contributed by atoms with van der Waals surface area (Å²) in [6, 6.07) is 1.99. The Morgan fingerprint density at radius 2 is 2.46 bits per heavy atom. The fraction of sp³-hybridized carbons (Fsp3) is 0.444. The number of nitrogens with zero attached hydrogens (tertiary/aromatic N) is 3. The quantitative estimate of drug-likeness (QED) is 0.783. The van der Waals surface area contributed by atoms with E-state index in [0.29, 0.717) is 6.54 Å². The van der Waals surface area contributed by atoms with Crippen LogP contribution in [0.3, 0.4) is 0 Å². The number of amides is 1. The monoisotopic (exact) mass is 343 g/mol. The Morgan fingerprint density at radius 1 is 1.54 bits per heavy atom. The maximum Gasteiger partial charge on any atom is 0.231 e. The zero-order valence-electron chi connectivity index (χ0n) is 13.6. The summed E-state index contributed by atoms with van der Waals surface area (Å²) < 4.78 is 5.19. The van der Waals surface area contributed by atoms with Gasteiger partial charge in [0.05, 0.1) is 22.9 Å². The van der Waals surface area contributed by atoms with E-state index < -0.39 is 0 Å². The Balaban J connectivity index is 1.62. The number of likely N-dealkylation sites (tertiary alicyclic amines) is 2. The summed E-state index contributed by atoms with van der Waals surface area (Å²) in [6.07, 6.45) is 8.03. The van der Waals surface area contributed by atoms with Gasteiger partial charge < -0.3 is 9.32 Å². The van der Waals surface area contributed by atoms with Crippen molar-refractivity contribution in [3.8, 4) is 0 Å². The Labute approximate surface area is 145 Å². The lowest BCUT2D eigenvalue weighted by atomic mass is 9.77. The molecular formula is C18H21N3O2S. The van der Waals surface area contributed by atoms with Gasteiger partial charge in [-0.15, -0.1) is 17.9 Å². The number of rotatable bonds is 5. The van der Waals surface area contributed by atoms with Gasteiger partial charge in [0.15, 0.2) is 0 Å². The van der Waals surface area contributed by atoms with Crippen LogP contribution in [0.25, 0.3) is 0 Å². The van der Waals surface area contributed by atoms with Crippen LogP contribution in [0.1, 0.15) is 22.9 Å². The summed E-state index contributed by atoms with van der Waals surface area (Å²) in [4.78, 5) is 22.0. The van der Waals surface area contributed by atoms with Crippen molar-refractivity contribution in [2.75, 3.05) is 26.2 Å². The van der Waals surface area contributed by atoms with E-state index in [2.05, 4.69) is 16.5 Å². The maximum absolute atomic E-state index is 13.2. The average molecular weight is 343 g/mol. The third-order valence-electron chi connectivity index (χ3n) is 5.24. The molecule has 1 spiro atoms. The van der Waals surface area contributed by atoms with Crippen LogP contribution in [0.15, 0.2) is 47.2 Å². The van der Waals surface area contributed by atoms with Crippen molar-refractivity contribution in [1.82, 2.24) is 14.8 Å². The van der Waals surface area contributed by atoms with E-state index in [4.69, 9.17) is 4.42 Å². The van der Waals surface area contributed by atoms with Crippen molar-refractivity contribution in [2.45, 2.75) is 18.9 Å². The summed E-state index contributed by atoms with van der Waals surface area (Å²) >= 11 is 1.66. The molecule has 4 rings (SSSR count). The van der Waals surface area contributed by atoms with Gasteiger partial charge in [0.25, 0.3) is 0 Å². The number of hydrogen-bond donors (Lipinski definition) is 0. The van der Waals surface area contributed by atoms with E-state index in [1.807, 2.05) is 28.6 Å². The van der Waals surface area contributed by atoms with Gasteiger partial charge in [0, 0.05) is 55.8 Å². The number of thiazole rings is 1. The third kappa shape index (κ3) is 2.50. The first-order valence-electron chi connectivity index (χ1n) is 8.26. The van der Waals surface area contributed by atoms with Crippen LogP contribution in [0.4, 0.5) is 0 Å². The number of carbonyl (C=O) groups excluding carboxylic acids is 1. The van der Waals surface area contributed by atoms with E-state index in [0.717, 1.165) is 43.2 Å². The molecular weight excluding hydrogens is 322 g/mol. The summed E-state index contributed by atoms with van der Waals surface area (Å²) in [5.41, 5.74) is 0.809. The first-order chi connectivity index (χ1) is 11.7. The van der Waals surface area contributed by atoms with Gasteiger partial charge in [-0.3, -0.25) is 9.69 Å². The molecule has 2 aliphatic rings. The first-order valence-corrected chi connectivity index (χ1v) is 9.14. The van der Waals surface area contributed by atoms with E-state index in [9.17, 15) is 4.79 Å². The Hall–Kier alpha value is -1.92. The highest BCUT2D eigenvalue weighted by Crippen LogP contribution is 2.50. The Morgan fingerprint density at radius 3 is 3.17 bits per heavy atom. The van der Waals surface area contributed by atoms with Gasteiger partial charge in [-0.1, -0.05) is 6.08 Å². The van der Waals surface area contributed by atoms with E-state index in [1.165, 1.54) is 0 Å². The molecule has 2 saturated heterocycles. The minimum Gasteiger partial charge on any atom is -0.472 e. The van der Waals surface area contributed by atoms with Gasteiger partial charge in [0.1, 0.15) is 0 Å². The molecule has 0 radical (unpaired) electrons. The van der Waals surface area contributed by atoms with Crippen LogP contribution in [-0.4, -0.2) is 46.9 Å². The zero-order valence-corrected chi connectivity index (χ0v) is 14.4. The molecule has 2 fully saturated rings. The molecule has 2 aromatic heterocycles. The van der Waals surface area contributed by atoms with Crippen molar-refractivity contribution in [1.29, 1.82) is 0 Å². The molecule has 2 aliphatic heterocycles. The molecule has 6 heteroatoms. The van der Waals surface area contributed by atoms with Crippen LogP contribution in [0.5, 0.6) is 0 Å². The minimum absolute atomic E-state index is 0.173. The van der Waals surface area contributed by atoms with Gasteiger partial charge in [-0.05, 0) is 12.5 Å². The molecule has 0 N–H and O–H groups in total. The second kappa shape index (κ2) is 6.18. The summed E-state index contributed by atoms with van der Waals surface area (Å²) in [6.45, 7) is 7.69. The lowest BCUT2D eigenvalue weighted by Gasteiger charge is -2.27. The smallest absolute Gasteiger partial charge is 0.231 e. The number of carbonyl (C=O) groups is 1. The Bertz CT molecular complexity index is 713. The molecule has 5 nitrogen and oxygen atoms in total. The van der Waals surface area contributed by atoms with Crippen LogP contribution >= 0.6 is 11.3 Å². The molecule has 1 amide bonds. The largest absolute Gasteiger partial charge is 0.472 e. The SMILES string of the molecule is C=CCN1CC[C@@]2(CN(Cc3ccoc3)C[C@@H]2c2nccs2)C1=O. The average Bonchev–Trinajstić information content (AvgIpc) is 3.34. The fourth-order valence-corrected chi connectivity index (χ4v) is 4.99. The van der Waals surface area contributed by atoms with Gasteiger partial charge in [0.2, 0.25) is 5.91 Å². The molecule has 0 unspecified atom stereocenters. The second-order valence-corrected chi connectivity index (χ2v) is 7.60. The molecule has 24 heavy (non-hydrogen) atoms. The predicted molar refractivity (Wildman–Crippen MR) is 92.7 cm³/mol. The third-order valence-corrected chi connectivity index (χ3v) is 6.13. The highest BCUT2D eigenvalue weighted by atomic mass is 32.1. The fourth-order valence-electron chi connectivity index (χ4n) is 4.15. The van der Waals surface area contributed by atoms with Crippen molar-refractivity contribution in [3.63, 3.8) is 0 Å². The molecule has 0 saturated carbocycles. The Kier molecular flexibility index (Phi) is 4.02. The van der Waals surface area contributed by atoms with E-state index >= 15 is 0 Å². The second-order valence-electron chi connectivity index (χ2n) is 6.67. The van der Waals surface area contributed by atoms with Crippen molar-refractivity contribution < 1.29 is 9.21 Å². The molecule has 2 aromatic rings. The number of hydrogen-bond acceptors (Lipinski definition) is 5. The summed E-state index contributed by atoms with van der Waals surface area (Å²) in [5, 5.41) is 3.08. The molecule has 2 atom stereocenters. The topological polar surface area (TPSA) is 49.6 Å². The molecule has 0 aliphatic carbocycles. The van der Waals surface area contributed by atoms with Crippen LogP contribution in [-0.2, 0) is 11.3 Å². The zero-order chi connectivity index (χ0) is 16.6. The molecule has 4 heterocycles. The molecule has 0 bridgehead atoms. The predicted octanol–water partition coefficient (Wildman–Crippen LogP) is 2.74. The number of furan rings is 1. The molecule has 0 aromatic carbocycles. The lowest BCUT2D eigenvalue weighted by molar-refractivity contribution is -0.135. The standard InChI is InChI=1S/C18H21N3O2S/c1-2-6-21-7-4-18(17(21)22)13-20(10-14-3-8-23-12-14)11-15(18)16-19-5-9-24-16/h2-3,5,8-9,12,15H,1,4,6-7,10-11,13H2/t15-,18+/m1/s1. The normalized spacial score (nSPS) is 27.4. The highest BCUT2D eigenvalue weighted by molar-refractivity contribution is 7.09. The molecule has 126 valence electrons. The first kappa shape index (κ1) is 15.6. The van der Waals surface area contributed by atoms with Crippen LogP contribution in [0, 0.1) is 5.41 Å². The maximum atomic E-state index is 13.2. The van der Waals surface area contributed by atoms with Crippen molar-refractivity contribution in [2.24, 2.45) is 5.41 Å². The van der Waals surface area contributed by atoms with E-state index in [-0.39, 0.29) is 17.2 Å². The van der Waals surface area contributed by atoms with Crippen LogP contribution in [0.2, 0.25) is 0 Å². The van der Waals surface area contributed by atoms with Crippen molar-refractivity contribution in [3.05, 3.63) is 53.4 Å². The summed E-state index contributed by atoms with van der Waals surface area (Å²) in [7, 11) is 0. The minimum atomic E-state index is -0.343. The van der Waals surface area contributed by atoms with Gasteiger partial charge in [-0.2, -0.15) is 0 Å². The highest BCUT2D eigenvalue weighted by Gasteiger charge is 2.57. The summed E-state index contributed by atoms with van der Waals surface area (Å²) in [5.74, 6) is 0.434. The van der Waals surface area contributed by atoms with Gasteiger partial charge >= 0.3 is 0 Å². The van der Waals surface area contributed by atoms with Crippen LogP contribution < -0.4 is 0 Å². The lowest BCUT2D eigenvalue weighted by Crippen LogP contribution is -2.39. The van der Waals surface area contributed by atoms with E-state index in [1.54, 1.807) is 23.9 Å².